The fourth-order valence-electron chi connectivity index (χ4n) is 1.83. The number of aromatic carboxylic acids is 1. The molecule has 2 aromatic rings. The monoisotopic (exact) mass is 276 g/mol. The molecule has 0 aromatic carbocycles. The van der Waals surface area contributed by atoms with Crippen molar-refractivity contribution in [2.75, 3.05) is 11.9 Å². The van der Waals surface area contributed by atoms with Crippen LogP contribution in [0.25, 0.3) is 0 Å². The number of anilines is 1. The summed E-state index contributed by atoms with van der Waals surface area (Å²) >= 11 is 1.73. The number of carbonyl (C=O) groups is 1. The first-order valence-electron chi connectivity index (χ1n) is 6.02. The number of rotatable bonds is 5. The average Bonchev–Trinajstić information content (AvgIpc) is 2.90. The topological polar surface area (TPSA) is 53.4 Å². The lowest BCUT2D eigenvalue weighted by Crippen LogP contribution is -2.31. The molecular weight excluding hydrogens is 260 g/mol. The van der Waals surface area contributed by atoms with E-state index in [0.717, 1.165) is 6.42 Å². The van der Waals surface area contributed by atoms with Gasteiger partial charge in [-0.1, -0.05) is 6.07 Å². The standard InChI is InChI=1S/C14H16N2O2S/c1-10(8-12-4-3-7-19-12)16(2)13-9-11(14(17)18)5-6-15-13/h3-7,9-10H,8H2,1-2H3,(H,17,18). The predicted molar refractivity (Wildman–Crippen MR) is 77.1 cm³/mol. The summed E-state index contributed by atoms with van der Waals surface area (Å²) in [5.41, 5.74) is 0.264. The predicted octanol–water partition coefficient (Wildman–Crippen LogP) is 2.91. The van der Waals surface area contributed by atoms with Crippen molar-refractivity contribution in [1.29, 1.82) is 0 Å². The normalized spacial score (nSPS) is 12.1. The summed E-state index contributed by atoms with van der Waals surface area (Å²) in [4.78, 5) is 18.5. The van der Waals surface area contributed by atoms with Crippen LogP contribution in [-0.2, 0) is 6.42 Å². The third kappa shape index (κ3) is 3.32. The van der Waals surface area contributed by atoms with Gasteiger partial charge in [0, 0.05) is 30.6 Å². The van der Waals surface area contributed by atoms with E-state index in [1.807, 2.05) is 18.0 Å². The Hall–Kier alpha value is -1.88. The van der Waals surface area contributed by atoms with Crippen LogP contribution in [0.1, 0.15) is 22.2 Å². The fourth-order valence-corrected chi connectivity index (χ4v) is 2.65. The first kappa shape index (κ1) is 13.5. The molecule has 0 aliphatic heterocycles. The summed E-state index contributed by atoms with van der Waals surface area (Å²) in [6.45, 7) is 2.11. The third-order valence-electron chi connectivity index (χ3n) is 3.09. The Morgan fingerprint density at radius 3 is 2.95 bits per heavy atom. The van der Waals surface area contributed by atoms with Crippen molar-refractivity contribution >= 4 is 23.1 Å². The van der Waals surface area contributed by atoms with Gasteiger partial charge in [0.1, 0.15) is 5.82 Å². The molecular formula is C14H16N2O2S. The largest absolute Gasteiger partial charge is 0.478 e. The number of thiophene rings is 1. The minimum atomic E-state index is -0.928. The van der Waals surface area contributed by atoms with Gasteiger partial charge in [-0.05, 0) is 30.5 Å². The Morgan fingerprint density at radius 2 is 2.32 bits per heavy atom. The van der Waals surface area contributed by atoms with Crippen molar-refractivity contribution < 1.29 is 9.90 Å². The summed E-state index contributed by atoms with van der Waals surface area (Å²) in [6, 6.07) is 7.51. The van der Waals surface area contributed by atoms with Crippen LogP contribution in [0.5, 0.6) is 0 Å². The summed E-state index contributed by atoms with van der Waals surface area (Å²) < 4.78 is 0. The van der Waals surface area contributed by atoms with Gasteiger partial charge in [0.05, 0.1) is 5.56 Å². The van der Waals surface area contributed by atoms with Gasteiger partial charge in [0.25, 0.3) is 0 Å². The maximum atomic E-state index is 11.0. The molecule has 0 aliphatic rings. The summed E-state index contributed by atoms with van der Waals surface area (Å²) in [5, 5.41) is 11.1. The van der Waals surface area contributed by atoms with Crippen LogP contribution in [0.3, 0.4) is 0 Å². The van der Waals surface area contributed by atoms with Crippen LogP contribution in [0.15, 0.2) is 35.8 Å². The van der Waals surface area contributed by atoms with E-state index in [1.165, 1.54) is 17.1 Å². The maximum absolute atomic E-state index is 11.0. The first-order chi connectivity index (χ1) is 9.08. The number of pyridine rings is 1. The second-order valence-electron chi connectivity index (χ2n) is 4.45. The van der Waals surface area contributed by atoms with Crippen LogP contribution in [-0.4, -0.2) is 29.1 Å². The summed E-state index contributed by atoms with van der Waals surface area (Å²) in [7, 11) is 1.94. The lowest BCUT2D eigenvalue weighted by molar-refractivity contribution is 0.0697. The molecule has 0 aliphatic carbocycles. The number of aromatic nitrogens is 1. The molecule has 0 fully saturated rings. The van der Waals surface area contributed by atoms with Crippen molar-refractivity contribution in [3.05, 3.63) is 46.3 Å². The Bertz CT molecular complexity index is 554. The molecule has 5 heteroatoms. The first-order valence-corrected chi connectivity index (χ1v) is 6.90. The quantitative estimate of drug-likeness (QED) is 0.912. The Morgan fingerprint density at radius 1 is 1.53 bits per heavy atom. The molecule has 0 radical (unpaired) electrons. The zero-order chi connectivity index (χ0) is 13.8. The van der Waals surface area contributed by atoms with Gasteiger partial charge in [-0.15, -0.1) is 11.3 Å². The molecule has 1 N–H and O–H groups in total. The molecule has 2 rings (SSSR count). The number of hydrogen-bond donors (Lipinski definition) is 1. The average molecular weight is 276 g/mol. The highest BCUT2D eigenvalue weighted by Crippen LogP contribution is 2.18. The highest BCUT2D eigenvalue weighted by Gasteiger charge is 2.14. The molecule has 100 valence electrons. The smallest absolute Gasteiger partial charge is 0.335 e. The lowest BCUT2D eigenvalue weighted by Gasteiger charge is -2.25. The van der Waals surface area contributed by atoms with E-state index < -0.39 is 5.97 Å². The second kappa shape index (κ2) is 5.84. The van der Waals surface area contributed by atoms with Crippen LogP contribution >= 0.6 is 11.3 Å². The van der Waals surface area contributed by atoms with Crippen LogP contribution < -0.4 is 4.90 Å². The van der Waals surface area contributed by atoms with E-state index in [1.54, 1.807) is 17.4 Å². The minimum Gasteiger partial charge on any atom is -0.478 e. The van der Waals surface area contributed by atoms with E-state index in [9.17, 15) is 4.79 Å². The van der Waals surface area contributed by atoms with Crippen molar-refractivity contribution in [2.45, 2.75) is 19.4 Å². The van der Waals surface area contributed by atoms with Gasteiger partial charge in [-0.2, -0.15) is 0 Å². The van der Waals surface area contributed by atoms with E-state index in [0.29, 0.717) is 5.82 Å². The molecule has 0 saturated heterocycles. The molecule has 0 saturated carbocycles. The van der Waals surface area contributed by atoms with Crippen molar-refractivity contribution in [3.63, 3.8) is 0 Å². The molecule has 1 atom stereocenters. The molecule has 0 spiro atoms. The Balaban J connectivity index is 2.12. The van der Waals surface area contributed by atoms with Gasteiger partial charge in [0.15, 0.2) is 0 Å². The highest BCUT2D eigenvalue weighted by atomic mass is 32.1. The van der Waals surface area contributed by atoms with Crippen molar-refractivity contribution in [1.82, 2.24) is 4.98 Å². The maximum Gasteiger partial charge on any atom is 0.335 e. The number of carboxylic acid groups (broad SMARTS) is 1. The molecule has 2 aromatic heterocycles. The van der Waals surface area contributed by atoms with Gasteiger partial charge in [0.2, 0.25) is 0 Å². The molecule has 19 heavy (non-hydrogen) atoms. The Kier molecular flexibility index (Phi) is 4.16. The summed E-state index contributed by atoms with van der Waals surface area (Å²) in [5.74, 6) is -0.244. The number of likely N-dealkylation sites (N-methyl/N-ethyl adjacent to an activating group) is 1. The molecule has 1 unspecified atom stereocenters. The van der Waals surface area contributed by atoms with Crippen molar-refractivity contribution in [2.24, 2.45) is 0 Å². The molecule has 0 amide bonds. The van der Waals surface area contributed by atoms with Gasteiger partial charge < -0.3 is 10.0 Å². The van der Waals surface area contributed by atoms with E-state index in [2.05, 4.69) is 23.4 Å². The van der Waals surface area contributed by atoms with Crippen molar-refractivity contribution in [3.8, 4) is 0 Å². The van der Waals surface area contributed by atoms with E-state index in [4.69, 9.17) is 5.11 Å². The van der Waals surface area contributed by atoms with E-state index in [-0.39, 0.29) is 11.6 Å². The Labute approximate surface area is 116 Å². The summed E-state index contributed by atoms with van der Waals surface area (Å²) in [6.07, 6.45) is 2.46. The third-order valence-corrected chi connectivity index (χ3v) is 3.99. The van der Waals surface area contributed by atoms with Gasteiger partial charge in [-0.25, -0.2) is 9.78 Å². The highest BCUT2D eigenvalue weighted by molar-refractivity contribution is 7.09. The van der Waals surface area contributed by atoms with Crippen LogP contribution in [0, 0.1) is 0 Å². The lowest BCUT2D eigenvalue weighted by atomic mass is 10.1. The number of nitrogens with zero attached hydrogens (tertiary/aromatic N) is 2. The van der Waals surface area contributed by atoms with E-state index >= 15 is 0 Å². The molecule has 2 heterocycles. The number of carboxylic acids is 1. The van der Waals surface area contributed by atoms with Gasteiger partial charge in [-0.3, -0.25) is 0 Å². The number of hydrogen-bond acceptors (Lipinski definition) is 4. The molecule has 0 bridgehead atoms. The van der Waals surface area contributed by atoms with Crippen LogP contribution in [0.2, 0.25) is 0 Å². The second-order valence-corrected chi connectivity index (χ2v) is 5.48. The zero-order valence-electron chi connectivity index (χ0n) is 10.9. The molecule has 4 nitrogen and oxygen atoms in total. The fraction of sp³-hybridized carbons (Fsp3) is 0.286. The zero-order valence-corrected chi connectivity index (χ0v) is 11.7. The minimum absolute atomic E-state index is 0.259. The van der Waals surface area contributed by atoms with Crippen LogP contribution in [0.4, 0.5) is 5.82 Å². The van der Waals surface area contributed by atoms with Gasteiger partial charge >= 0.3 is 5.97 Å². The SMILES string of the molecule is CC(Cc1cccs1)N(C)c1cc(C(=O)O)ccn1.